The van der Waals surface area contributed by atoms with Crippen molar-refractivity contribution in [1.82, 2.24) is 5.32 Å². The van der Waals surface area contributed by atoms with Crippen molar-refractivity contribution in [2.45, 2.75) is 18.9 Å². The van der Waals surface area contributed by atoms with Crippen molar-refractivity contribution in [3.63, 3.8) is 0 Å². The van der Waals surface area contributed by atoms with Gasteiger partial charge >= 0.3 is 5.97 Å². The van der Waals surface area contributed by atoms with E-state index in [-0.39, 0.29) is 6.42 Å². The fraction of sp³-hybridized carbons (Fsp3) is 0.333. The lowest BCUT2D eigenvalue weighted by atomic mass is 10.1. The van der Waals surface area contributed by atoms with Crippen LogP contribution in [0.1, 0.15) is 12.0 Å². The smallest absolute Gasteiger partial charge is 0.327 e. The molecule has 0 spiro atoms. The Morgan fingerprint density at radius 2 is 1.80 bits per heavy atom. The predicted octanol–water partition coefficient (Wildman–Crippen LogP) is 0.0764. The van der Waals surface area contributed by atoms with Gasteiger partial charge in [0.05, 0.1) is 0 Å². The van der Waals surface area contributed by atoms with Crippen LogP contribution in [-0.2, 0) is 26.1 Å². The summed E-state index contributed by atoms with van der Waals surface area (Å²) in [6.45, 7) is 0. The summed E-state index contributed by atoms with van der Waals surface area (Å²) in [6.07, 6.45) is 0.435. The van der Waals surface area contributed by atoms with Gasteiger partial charge < -0.3 is 10.4 Å². The van der Waals surface area contributed by atoms with Crippen molar-refractivity contribution >= 4 is 22.0 Å². The maximum atomic E-state index is 11.6. The van der Waals surface area contributed by atoms with E-state index in [9.17, 15) is 18.0 Å². The van der Waals surface area contributed by atoms with E-state index in [0.717, 1.165) is 5.56 Å². The van der Waals surface area contributed by atoms with Gasteiger partial charge in [-0.15, -0.1) is 0 Å². The molecule has 0 fully saturated rings. The van der Waals surface area contributed by atoms with Gasteiger partial charge in [0.1, 0.15) is 11.8 Å². The molecule has 1 rings (SSSR count). The highest BCUT2D eigenvalue weighted by Gasteiger charge is 2.25. The second kappa shape index (κ2) is 7.01. The molecule has 0 radical (unpaired) electrons. The van der Waals surface area contributed by atoms with E-state index in [1.807, 2.05) is 30.3 Å². The fourth-order valence-corrected chi connectivity index (χ4v) is 2.20. The minimum Gasteiger partial charge on any atom is -0.480 e. The Balaban J connectivity index is 2.52. The van der Waals surface area contributed by atoms with Crippen LogP contribution in [0.2, 0.25) is 0 Å². The zero-order valence-electron chi connectivity index (χ0n) is 10.5. The minimum atomic E-state index is -4.48. The third-order valence-corrected chi connectivity index (χ3v) is 3.25. The van der Waals surface area contributed by atoms with Crippen LogP contribution in [0.3, 0.4) is 0 Å². The summed E-state index contributed by atoms with van der Waals surface area (Å²) < 4.78 is 29.9. The van der Waals surface area contributed by atoms with Crippen molar-refractivity contribution in [3.8, 4) is 0 Å². The highest BCUT2D eigenvalue weighted by molar-refractivity contribution is 7.85. The van der Waals surface area contributed by atoms with E-state index < -0.39 is 33.8 Å². The number of carbonyl (C=O) groups is 2. The third kappa shape index (κ3) is 6.30. The van der Waals surface area contributed by atoms with Gasteiger partial charge in [0.15, 0.2) is 0 Å². The Morgan fingerprint density at radius 3 is 2.30 bits per heavy atom. The first-order valence-electron chi connectivity index (χ1n) is 5.79. The monoisotopic (exact) mass is 301 g/mol. The number of carboxylic acid groups (broad SMARTS) is 1. The molecule has 0 aliphatic rings. The van der Waals surface area contributed by atoms with Crippen molar-refractivity contribution in [2.75, 3.05) is 5.75 Å². The van der Waals surface area contributed by atoms with Gasteiger partial charge in [0.2, 0.25) is 5.91 Å². The molecule has 0 heterocycles. The lowest BCUT2D eigenvalue weighted by Gasteiger charge is -2.12. The zero-order chi connectivity index (χ0) is 15.2. The van der Waals surface area contributed by atoms with Crippen LogP contribution < -0.4 is 5.32 Å². The number of amides is 1. The number of carbonyl (C=O) groups excluding carboxylic acids is 1. The van der Waals surface area contributed by atoms with Crippen LogP contribution in [0.5, 0.6) is 0 Å². The zero-order valence-corrected chi connectivity index (χ0v) is 11.3. The number of aliphatic carboxylic acids is 1. The highest BCUT2D eigenvalue weighted by atomic mass is 32.2. The molecule has 0 aliphatic carbocycles. The van der Waals surface area contributed by atoms with Crippen LogP contribution in [0.15, 0.2) is 30.3 Å². The fourth-order valence-electron chi connectivity index (χ4n) is 1.55. The largest absolute Gasteiger partial charge is 0.480 e. The van der Waals surface area contributed by atoms with Gasteiger partial charge in [0, 0.05) is 6.42 Å². The lowest BCUT2D eigenvalue weighted by Crippen LogP contribution is -2.45. The molecule has 110 valence electrons. The summed E-state index contributed by atoms with van der Waals surface area (Å²) in [5, 5.41) is 10.8. The number of hydrogen-bond acceptors (Lipinski definition) is 4. The summed E-state index contributed by atoms with van der Waals surface area (Å²) in [5.74, 6) is -3.17. The number of hydrogen-bond donors (Lipinski definition) is 3. The standard InChI is InChI=1S/C12H15NO6S/c14-11(7-6-9-4-2-1-3-5-9)13-10(12(15)16)8-20(17,18)19/h1-5,10H,6-8H2,(H,13,14)(H,15,16)(H,17,18,19). The summed E-state index contributed by atoms with van der Waals surface area (Å²) in [7, 11) is -4.48. The maximum absolute atomic E-state index is 11.6. The van der Waals surface area contributed by atoms with Crippen LogP contribution in [0, 0.1) is 0 Å². The number of rotatable bonds is 7. The number of carboxylic acids is 1. The third-order valence-electron chi connectivity index (χ3n) is 2.49. The van der Waals surface area contributed by atoms with Crippen molar-refractivity contribution in [1.29, 1.82) is 0 Å². The molecule has 8 heteroatoms. The average Bonchev–Trinajstić information content (AvgIpc) is 2.35. The second-order valence-corrected chi connectivity index (χ2v) is 5.69. The molecule has 7 nitrogen and oxygen atoms in total. The van der Waals surface area contributed by atoms with Gasteiger partial charge in [0.25, 0.3) is 10.1 Å². The Labute approximate surface area is 116 Å². The predicted molar refractivity (Wildman–Crippen MR) is 70.7 cm³/mol. The van der Waals surface area contributed by atoms with Crippen molar-refractivity contribution < 1.29 is 27.7 Å². The molecule has 0 saturated carbocycles. The quantitative estimate of drug-likeness (QED) is 0.613. The minimum absolute atomic E-state index is 0.0271. The molecule has 0 aliphatic heterocycles. The molecule has 20 heavy (non-hydrogen) atoms. The number of aryl methyl sites for hydroxylation is 1. The van der Waals surface area contributed by atoms with E-state index in [1.54, 1.807) is 0 Å². The number of benzene rings is 1. The van der Waals surface area contributed by atoms with E-state index in [0.29, 0.717) is 6.42 Å². The van der Waals surface area contributed by atoms with E-state index >= 15 is 0 Å². The van der Waals surface area contributed by atoms with Crippen LogP contribution in [0.4, 0.5) is 0 Å². The SMILES string of the molecule is O=C(CCc1ccccc1)NC(CS(=O)(=O)O)C(=O)O. The molecule has 0 aromatic heterocycles. The van der Waals surface area contributed by atoms with Gasteiger partial charge in [-0.3, -0.25) is 9.35 Å². The molecule has 1 unspecified atom stereocenters. The Hall–Kier alpha value is -1.93. The van der Waals surface area contributed by atoms with Gasteiger partial charge in [-0.2, -0.15) is 8.42 Å². The molecular formula is C12H15NO6S. The molecule has 1 atom stereocenters. The van der Waals surface area contributed by atoms with Crippen LogP contribution >= 0.6 is 0 Å². The van der Waals surface area contributed by atoms with E-state index in [4.69, 9.17) is 9.66 Å². The highest BCUT2D eigenvalue weighted by Crippen LogP contribution is 2.02. The lowest BCUT2D eigenvalue weighted by molar-refractivity contribution is -0.141. The first kappa shape index (κ1) is 16.1. The molecule has 1 aromatic rings. The Morgan fingerprint density at radius 1 is 1.20 bits per heavy atom. The summed E-state index contributed by atoms with van der Waals surface area (Å²) in [6, 6.07) is 7.43. The molecule has 3 N–H and O–H groups in total. The maximum Gasteiger partial charge on any atom is 0.327 e. The molecule has 1 aromatic carbocycles. The molecule has 0 saturated heterocycles. The Bertz CT molecular complexity index is 569. The summed E-state index contributed by atoms with van der Waals surface area (Å²) >= 11 is 0. The molecular weight excluding hydrogens is 286 g/mol. The normalized spacial score (nSPS) is 12.7. The number of nitrogens with one attached hydrogen (secondary N) is 1. The van der Waals surface area contributed by atoms with Crippen molar-refractivity contribution in [2.24, 2.45) is 0 Å². The Kier molecular flexibility index (Phi) is 5.66. The molecule has 1 amide bonds. The topological polar surface area (TPSA) is 121 Å². The van der Waals surface area contributed by atoms with Gasteiger partial charge in [-0.05, 0) is 12.0 Å². The van der Waals surface area contributed by atoms with Crippen LogP contribution in [0.25, 0.3) is 0 Å². The van der Waals surface area contributed by atoms with Gasteiger partial charge in [-0.25, -0.2) is 4.79 Å². The van der Waals surface area contributed by atoms with Crippen LogP contribution in [-0.4, -0.2) is 41.7 Å². The van der Waals surface area contributed by atoms with E-state index in [1.165, 1.54) is 0 Å². The summed E-state index contributed by atoms with van der Waals surface area (Å²) in [4.78, 5) is 22.4. The molecule has 0 bridgehead atoms. The second-order valence-electron chi connectivity index (χ2n) is 4.19. The van der Waals surface area contributed by atoms with Gasteiger partial charge in [-0.1, -0.05) is 30.3 Å². The summed E-state index contributed by atoms with van der Waals surface area (Å²) in [5.41, 5.74) is 0.907. The first-order valence-corrected chi connectivity index (χ1v) is 7.40. The average molecular weight is 301 g/mol. The van der Waals surface area contributed by atoms with E-state index in [2.05, 4.69) is 5.32 Å². The first-order chi connectivity index (χ1) is 9.28. The van der Waals surface area contributed by atoms with Crippen molar-refractivity contribution in [3.05, 3.63) is 35.9 Å².